The molecule has 0 unspecified atom stereocenters. The van der Waals surface area contributed by atoms with E-state index in [-0.39, 0.29) is 5.56 Å². The number of benzene rings is 1. The summed E-state index contributed by atoms with van der Waals surface area (Å²) in [5.41, 5.74) is 0.834. The summed E-state index contributed by atoms with van der Waals surface area (Å²) in [6, 6.07) is 6.69. The predicted octanol–water partition coefficient (Wildman–Crippen LogP) is 1.16. The van der Waals surface area contributed by atoms with Crippen LogP contribution in [-0.2, 0) is 20.6 Å². The second-order valence-electron chi connectivity index (χ2n) is 5.80. The third kappa shape index (κ3) is 2.67. The molecular weight excluding hydrogens is 276 g/mol. The highest BCUT2D eigenvalue weighted by Crippen LogP contribution is 2.38. The molecule has 0 aliphatic carbocycles. The summed E-state index contributed by atoms with van der Waals surface area (Å²) in [4.78, 5) is 11.2. The van der Waals surface area contributed by atoms with Crippen molar-refractivity contribution >= 4 is 5.97 Å². The summed E-state index contributed by atoms with van der Waals surface area (Å²) in [6.45, 7) is 3.52. The summed E-state index contributed by atoms with van der Waals surface area (Å²) in [7, 11) is 0. The highest BCUT2D eigenvalue weighted by Gasteiger charge is 2.54. The first-order chi connectivity index (χ1) is 9.87. The first-order valence-corrected chi connectivity index (χ1v) is 6.88. The van der Waals surface area contributed by atoms with E-state index in [1.54, 1.807) is 32.0 Å². The average Bonchev–Trinajstić information content (AvgIpc) is 2.85. The Kier molecular flexibility index (Phi) is 3.49. The van der Waals surface area contributed by atoms with E-state index in [0.717, 1.165) is 0 Å². The number of aromatic carboxylic acids is 1. The maximum absolute atomic E-state index is 11.2. The van der Waals surface area contributed by atoms with Gasteiger partial charge in [-0.3, -0.25) is 0 Å². The van der Waals surface area contributed by atoms with E-state index in [4.69, 9.17) is 14.2 Å². The molecule has 2 heterocycles. The highest BCUT2D eigenvalue weighted by atomic mass is 16.8. The van der Waals surface area contributed by atoms with Crippen LogP contribution in [0.25, 0.3) is 0 Å². The van der Waals surface area contributed by atoms with Gasteiger partial charge in [0.1, 0.15) is 12.2 Å². The van der Waals surface area contributed by atoms with E-state index in [2.05, 4.69) is 0 Å². The highest BCUT2D eigenvalue weighted by molar-refractivity contribution is 5.89. The Morgan fingerprint density at radius 2 is 2.00 bits per heavy atom. The zero-order chi connectivity index (χ0) is 15.2. The molecule has 2 fully saturated rings. The maximum Gasteiger partial charge on any atom is 0.335 e. The lowest BCUT2D eigenvalue weighted by Gasteiger charge is -2.23. The zero-order valence-corrected chi connectivity index (χ0v) is 11.9. The van der Waals surface area contributed by atoms with Crippen molar-refractivity contribution in [1.29, 1.82) is 0 Å². The van der Waals surface area contributed by atoms with Crippen LogP contribution in [-0.4, -0.2) is 46.6 Å². The molecule has 2 aliphatic heterocycles. The van der Waals surface area contributed by atoms with Gasteiger partial charge in [-0.15, -0.1) is 0 Å². The number of carboxylic acids is 1. The van der Waals surface area contributed by atoms with E-state index in [1.165, 1.54) is 6.07 Å². The summed E-state index contributed by atoms with van der Waals surface area (Å²) < 4.78 is 16.9. The SMILES string of the molecule is CC1(C)O[C@H]2O[C@H](Cc3ccccc3C(=O)O)[C@H](O)[C@H]2O1. The van der Waals surface area contributed by atoms with Crippen LogP contribution in [0, 0.1) is 0 Å². The van der Waals surface area contributed by atoms with Gasteiger partial charge < -0.3 is 24.4 Å². The molecule has 2 N–H and O–H groups in total. The minimum Gasteiger partial charge on any atom is -0.478 e. The fourth-order valence-corrected chi connectivity index (χ4v) is 2.85. The number of hydrogen-bond acceptors (Lipinski definition) is 5. The topological polar surface area (TPSA) is 85.2 Å². The van der Waals surface area contributed by atoms with Crippen molar-refractivity contribution in [2.45, 2.75) is 50.7 Å². The van der Waals surface area contributed by atoms with Crippen LogP contribution in [0.5, 0.6) is 0 Å². The molecule has 6 heteroatoms. The Bertz CT molecular complexity index is 555. The Labute approximate surface area is 122 Å². The smallest absolute Gasteiger partial charge is 0.335 e. The Morgan fingerprint density at radius 1 is 1.29 bits per heavy atom. The molecule has 114 valence electrons. The van der Waals surface area contributed by atoms with Crippen LogP contribution in [0.3, 0.4) is 0 Å². The number of carbonyl (C=O) groups is 1. The van der Waals surface area contributed by atoms with Crippen LogP contribution in [0.1, 0.15) is 29.8 Å². The van der Waals surface area contributed by atoms with Gasteiger partial charge in [-0.25, -0.2) is 4.79 Å². The summed E-state index contributed by atoms with van der Waals surface area (Å²) >= 11 is 0. The molecule has 0 bridgehead atoms. The molecule has 3 rings (SSSR count). The number of ether oxygens (including phenoxy) is 3. The van der Waals surface area contributed by atoms with Gasteiger partial charge >= 0.3 is 5.97 Å². The lowest BCUT2D eigenvalue weighted by atomic mass is 9.98. The quantitative estimate of drug-likeness (QED) is 0.870. The molecule has 21 heavy (non-hydrogen) atoms. The number of aliphatic hydroxyl groups is 1. The lowest BCUT2D eigenvalue weighted by molar-refractivity contribution is -0.214. The number of fused-ring (bicyclic) bond motifs is 1. The van der Waals surface area contributed by atoms with Crippen molar-refractivity contribution in [3.8, 4) is 0 Å². The summed E-state index contributed by atoms with van der Waals surface area (Å²) in [5, 5.41) is 19.5. The van der Waals surface area contributed by atoms with Gasteiger partial charge in [0, 0.05) is 6.42 Å². The second-order valence-corrected chi connectivity index (χ2v) is 5.80. The van der Waals surface area contributed by atoms with E-state index >= 15 is 0 Å². The minimum absolute atomic E-state index is 0.215. The van der Waals surface area contributed by atoms with Crippen LogP contribution in [0.2, 0.25) is 0 Å². The number of carboxylic acid groups (broad SMARTS) is 1. The normalized spacial score (nSPS) is 33.9. The number of aliphatic hydroxyl groups excluding tert-OH is 1. The van der Waals surface area contributed by atoms with Gasteiger partial charge in [-0.2, -0.15) is 0 Å². The number of hydrogen-bond donors (Lipinski definition) is 2. The van der Waals surface area contributed by atoms with E-state index in [9.17, 15) is 15.0 Å². The molecule has 1 aromatic rings. The third-order valence-electron chi connectivity index (χ3n) is 3.78. The van der Waals surface area contributed by atoms with Gasteiger partial charge in [-0.05, 0) is 25.5 Å². The average molecular weight is 294 g/mol. The van der Waals surface area contributed by atoms with E-state index in [0.29, 0.717) is 12.0 Å². The fourth-order valence-electron chi connectivity index (χ4n) is 2.85. The minimum atomic E-state index is -0.994. The molecule has 2 aliphatic rings. The molecule has 0 radical (unpaired) electrons. The fraction of sp³-hybridized carbons (Fsp3) is 0.533. The lowest BCUT2D eigenvalue weighted by Crippen LogP contribution is -2.35. The van der Waals surface area contributed by atoms with Crippen molar-refractivity contribution < 1.29 is 29.2 Å². The first-order valence-electron chi connectivity index (χ1n) is 6.88. The van der Waals surface area contributed by atoms with Crippen LogP contribution in [0.4, 0.5) is 0 Å². The van der Waals surface area contributed by atoms with Gasteiger partial charge in [0.2, 0.25) is 0 Å². The summed E-state index contributed by atoms with van der Waals surface area (Å²) in [5.74, 6) is -1.77. The van der Waals surface area contributed by atoms with Crippen LogP contribution >= 0.6 is 0 Å². The molecule has 6 nitrogen and oxygen atoms in total. The molecular formula is C15H18O6. The van der Waals surface area contributed by atoms with Gasteiger partial charge in [0.15, 0.2) is 12.1 Å². The van der Waals surface area contributed by atoms with E-state index in [1.807, 2.05) is 0 Å². The van der Waals surface area contributed by atoms with Crippen LogP contribution in [0.15, 0.2) is 24.3 Å². The standard InChI is InChI=1S/C15H18O6/c1-15(2)20-12-11(16)10(19-14(12)21-15)7-8-5-3-4-6-9(8)13(17)18/h3-6,10-12,14,16H,7H2,1-2H3,(H,17,18)/t10-,11+,12-,14-/m1/s1. The molecule has 4 atom stereocenters. The van der Waals surface area contributed by atoms with E-state index < -0.39 is 36.4 Å². The summed E-state index contributed by atoms with van der Waals surface area (Å²) in [6.07, 6.45) is -2.25. The molecule has 2 saturated heterocycles. The maximum atomic E-state index is 11.2. The van der Waals surface area contributed by atoms with Crippen molar-refractivity contribution in [2.75, 3.05) is 0 Å². The van der Waals surface area contributed by atoms with Gasteiger partial charge in [0.05, 0.1) is 11.7 Å². The molecule has 0 aromatic heterocycles. The van der Waals surface area contributed by atoms with Crippen LogP contribution < -0.4 is 0 Å². The number of rotatable bonds is 3. The van der Waals surface area contributed by atoms with Gasteiger partial charge in [0.25, 0.3) is 0 Å². The monoisotopic (exact) mass is 294 g/mol. The predicted molar refractivity (Wildman–Crippen MR) is 71.8 cm³/mol. The third-order valence-corrected chi connectivity index (χ3v) is 3.78. The Hall–Kier alpha value is -1.47. The van der Waals surface area contributed by atoms with Crippen molar-refractivity contribution in [1.82, 2.24) is 0 Å². The van der Waals surface area contributed by atoms with Crippen molar-refractivity contribution in [3.05, 3.63) is 35.4 Å². The van der Waals surface area contributed by atoms with Gasteiger partial charge in [-0.1, -0.05) is 18.2 Å². The molecule has 1 aromatic carbocycles. The van der Waals surface area contributed by atoms with Crippen molar-refractivity contribution in [3.63, 3.8) is 0 Å². The molecule has 0 amide bonds. The van der Waals surface area contributed by atoms with Crippen molar-refractivity contribution in [2.24, 2.45) is 0 Å². The Balaban J connectivity index is 1.75. The first kappa shape index (κ1) is 14.5. The molecule has 0 spiro atoms. The second kappa shape index (κ2) is 5.06. The molecule has 0 saturated carbocycles. The largest absolute Gasteiger partial charge is 0.478 e. The Morgan fingerprint density at radius 3 is 2.67 bits per heavy atom. The zero-order valence-electron chi connectivity index (χ0n) is 11.9.